The van der Waals surface area contributed by atoms with Crippen LogP contribution in [0.1, 0.15) is 76.1 Å². The first-order valence-electron chi connectivity index (χ1n) is 13.5. The lowest BCUT2D eigenvalue weighted by molar-refractivity contribution is 0.0783. The second-order valence-electron chi connectivity index (χ2n) is 10.8. The number of carbonyl (C=O) groups excluding carboxylic acids is 1. The molecule has 0 fully saturated rings. The van der Waals surface area contributed by atoms with Crippen molar-refractivity contribution in [3.8, 4) is 11.4 Å². The maximum absolute atomic E-state index is 13.0. The number of aliphatic hydroxyl groups is 1. The van der Waals surface area contributed by atoms with E-state index in [-0.39, 0.29) is 6.61 Å². The third-order valence-electron chi connectivity index (χ3n) is 7.48. The number of amides is 1. The van der Waals surface area contributed by atoms with Crippen LogP contribution in [0, 0.1) is 0 Å². The number of fused-ring (bicyclic) bond motifs is 2. The molecule has 7 nitrogen and oxygen atoms in total. The third kappa shape index (κ3) is 5.31. The lowest BCUT2D eigenvalue weighted by Crippen LogP contribution is -2.30. The summed E-state index contributed by atoms with van der Waals surface area (Å²) >= 11 is 1.35. The van der Waals surface area contributed by atoms with Crippen LogP contribution in [0.4, 0.5) is 4.79 Å². The van der Waals surface area contributed by atoms with Crippen LogP contribution in [0.25, 0.3) is 11.4 Å². The van der Waals surface area contributed by atoms with Crippen molar-refractivity contribution in [2.45, 2.75) is 70.6 Å². The molecule has 0 saturated carbocycles. The first kappa shape index (κ1) is 25.6. The molecule has 1 amide bonds. The largest absolute Gasteiger partial charge is 0.445 e. The van der Waals surface area contributed by atoms with Crippen molar-refractivity contribution in [3.05, 3.63) is 98.3 Å². The number of rotatable bonds is 7. The Morgan fingerprint density at radius 3 is 2.44 bits per heavy atom. The van der Waals surface area contributed by atoms with Gasteiger partial charge in [-0.2, -0.15) is 0 Å². The summed E-state index contributed by atoms with van der Waals surface area (Å²) in [5.41, 5.74) is 7.26. The molecule has 0 radical (unpaired) electrons. The summed E-state index contributed by atoms with van der Waals surface area (Å²) in [6.45, 7) is 3.56. The fraction of sp³-hybridized carbons (Fsp3) is 0.355. The van der Waals surface area contributed by atoms with E-state index in [1.165, 1.54) is 39.2 Å². The molecule has 39 heavy (non-hydrogen) atoms. The number of benzene rings is 2. The summed E-state index contributed by atoms with van der Waals surface area (Å²) in [4.78, 5) is 28.0. The Bertz CT molecular complexity index is 1480. The minimum Gasteiger partial charge on any atom is -0.445 e. The van der Waals surface area contributed by atoms with Gasteiger partial charge in [0.1, 0.15) is 23.3 Å². The van der Waals surface area contributed by atoms with Crippen LogP contribution in [-0.4, -0.2) is 26.2 Å². The van der Waals surface area contributed by atoms with E-state index in [1.54, 1.807) is 26.2 Å². The van der Waals surface area contributed by atoms with Gasteiger partial charge in [-0.1, -0.05) is 36.4 Å². The molecule has 8 heteroatoms. The maximum Gasteiger partial charge on any atom is 0.408 e. The molecule has 1 unspecified atom stereocenters. The highest BCUT2D eigenvalue weighted by Crippen LogP contribution is 2.40. The predicted molar refractivity (Wildman–Crippen MR) is 150 cm³/mol. The second-order valence-corrected chi connectivity index (χ2v) is 11.9. The molecular formula is C31H32N4O3S. The summed E-state index contributed by atoms with van der Waals surface area (Å²) in [5.74, 6) is 0.709. The molecule has 6 rings (SSSR count). The summed E-state index contributed by atoms with van der Waals surface area (Å²) in [6, 6.07) is 13.2. The van der Waals surface area contributed by atoms with Gasteiger partial charge in [-0.15, -0.1) is 11.3 Å². The number of thiazole rings is 1. The topological polar surface area (TPSA) is 97.2 Å². The molecule has 0 bridgehead atoms. The van der Waals surface area contributed by atoms with Gasteiger partial charge in [-0.05, 0) is 86.3 Å². The number of alkyl carbamates (subject to hydrolysis) is 1. The molecule has 0 aliphatic heterocycles. The van der Waals surface area contributed by atoms with Gasteiger partial charge in [0.05, 0.1) is 10.6 Å². The molecule has 200 valence electrons. The zero-order valence-corrected chi connectivity index (χ0v) is 23.1. The fourth-order valence-electron chi connectivity index (χ4n) is 5.62. The van der Waals surface area contributed by atoms with Crippen molar-refractivity contribution in [1.82, 2.24) is 20.3 Å². The van der Waals surface area contributed by atoms with Crippen molar-refractivity contribution in [2.24, 2.45) is 0 Å². The summed E-state index contributed by atoms with van der Waals surface area (Å²) in [5, 5.41) is 14.1. The maximum atomic E-state index is 13.0. The van der Waals surface area contributed by atoms with E-state index in [0.29, 0.717) is 16.5 Å². The van der Waals surface area contributed by atoms with Gasteiger partial charge < -0.3 is 15.2 Å². The second kappa shape index (κ2) is 10.5. The van der Waals surface area contributed by atoms with Crippen molar-refractivity contribution < 1.29 is 14.6 Å². The number of carbonyl (C=O) groups is 1. The van der Waals surface area contributed by atoms with Crippen molar-refractivity contribution in [2.75, 3.05) is 0 Å². The van der Waals surface area contributed by atoms with Gasteiger partial charge in [-0.25, -0.2) is 19.7 Å². The van der Waals surface area contributed by atoms with Crippen LogP contribution in [0.5, 0.6) is 0 Å². The molecule has 4 aromatic rings. The Morgan fingerprint density at radius 2 is 1.77 bits per heavy atom. The molecule has 2 heterocycles. The van der Waals surface area contributed by atoms with Gasteiger partial charge in [-0.3, -0.25) is 0 Å². The van der Waals surface area contributed by atoms with E-state index < -0.39 is 17.7 Å². The highest BCUT2D eigenvalue weighted by atomic mass is 32.1. The zero-order chi connectivity index (χ0) is 27.0. The number of aryl methyl sites for hydroxylation is 2. The summed E-state index contributed by atoms with van der Waals surface area (Å²) in [6.07, 6.45) is 9.52. The lowest BCUT2D eigenvalue weighted by atomic mass is 9.93. The zero-order valence-electron chi connectivity index (χ0n) is 22.2. The molecule has 2 N–H and O–H groups in total. The smallest absolute Gasteiger partial charge is 0.408 e. The van der Waals surface area contributed by atoms with E-state index in [4.69, 9.17) is 14.7 Å². The normalized spacial score (nSPS) is 15.1. The fourth-order valence-corrected chi connectivity index (χ4v) is 6.60. The Kier molecular flexibility index (Phi) is 6.91. The van der Waals surface area contributed by atoms with E-state index in [9.17, 15) is 9.90 Å². The average molecular weight is 541 g/mol. The van der Waals surface area contributed by atoms with Gasteiger partial charge >= 0.3 is 6.09 Å². The van der Waals surface area contributed by atoms with Gasteiger partial charge in [0.15, 0.2) is 5.82 Å². The Balaban J connectivity index is 1.36. The third-order valence-corrected chi connectivity index (χ3v) is 8.85. The van der Waals surface area contributed by atoms with Crippen LogP contribution in [0.15, 0.2) is 54.9 Å². The molecule has 2 aromatic heterocycles. The van der Waals surface area contributed by atoms with E-state index in [0.717, 1.165) is 49.0 Å². The number of ether oxygens (including phenoxy) is 1. The monoisotopic (exact) mass is 540 g/mol. The number of nitrogens with zero attached hydrogens (tertiary/aromatic N) is 3. The van der Waals surface area contributed by atoms with Crippen LogP contribution in [0.3, 0.4) is 0 Å². The van der Waals surface area contributed by atoms with Crippen molar-refractivity contribution in [1.29, 1.82) is 0 Å². The quantitative estimate of drug-likeness (QED) is 0.307. The number of nitrogens with one attached hydrogen (secondary N) is 1. The molecule has 0 saturated heterocycles. The SMILES string of the molecule is CC(C)(O)c1ncc(C(NC(=O)OCc2ccccc2)c2ccnc(-c3c4c(cc5c3CCC5)CCC4)n2)s1. The van der Waals surface area contributed by atoms with Crippen molar-refractivity contribution >= 4 is 17.4 Å². The van der Waals surface area contributed by atoms with Crippen LogP contribution in [0.2, 0.25) is 0 Å². The summed E-state index contributed by atoms with van der Waals surface area (Å²) < 4.78 is 5.55. The molecule has 2 aliphatic carbocycles. The first-order valence-corrected chi connectivity index (χ1v) is 14.3. The molecule has 0 spiro atoms. The van der Waals surface area contributed by atoms with Crippen molar-refractivity contribution in [3.63, 3.8) is 0 Å². The highest BCUT2D eigenvalue weighted by molar-refractivity contribution is 7.11. The summed E-state index contributed by atoms with van der Waals surface area (Å²) in [7, 11) is 0. The molecule has 2 aliphatic rings. The molecule has 1 atom stereocenters. The minimum atomic E-state index is -1.09. The average Bonchev–Trinajstić information content (AvgIpc) is 3.70. The van der Waals surface area contributed by atoms with Gasteiger partial charge in [0.2, 0.25) is 0 Å². The van der Waals surface area contributed by atoms with Gasteiger partial charge in [0, 0.05) is 18.0 Å². The lowest BCUT2D eigenvalue weighted by Gasteiger charge is -2.19. The molecular weight excluding hydrogens is 508 g/mol. The van der Waals surface area contributed by atoms with Crippen LogP contribution >= 0.6 is 11.3 Å². The minimum absolute atomic E-state index is 0.161. The van der Waals surface area contributed by atoms with E-state index in [1.807, 2.05) is 36.4 Å². The van der Waals surface area contributed by atoms with E-state index >= 15 is 0 Å². The Morgan fingerprint density at radius 1 is 1.05 bits per heavy atom. The Labute approximate surface area is 232 Å². The van der Waals surface area contributed by atoms with Crippen LogP contribution < -0.4 is 5.32 Å². The van der Waals surface area contributed by atoms with E-state index in [2.05, 4.69) is 16.4 Å². The number of hydrogen-bond donors (Lipinski definition) is 2. The predicted octanol–water partition coefficient (Wildman–Crippen LogP) is 5.82. The number of hydrogen-bond acceptors (Lipinski definition) is 7. The number of aromatic nitrogens is 3. The standard InChI is InChI=1S/C31H32N4O3S/c1-31(2,37)29-33-17-25(39-29)27(35-30(36)38-18-19-8-4-3-5-9-19)24-14-15-32-28(34-24)26-22-12-6-10-20(22)16-21-11-7-13-23(21)26/h3-5,8-9,14-17,27,37H,6-7,10-13,18H2,1-2H3,(H,35,36). The first-order chi connectivity index (χ1) is 18.9. The van der Waals surface area contributed by atoms with Gasteiger partial charge in [0.25, 0.3) is 0 Å². The highest BCUT2D eigenvalue weighted by Gasteiger charge is 2.29. The Hall–Kier alpha value is -3.62. The van der Waals surface area contributed by atoms with Crippen LogP contribution in [-0.2, 0) is 42.6 Å². The molecule has 2 aromatic carbocycles.